The summed E-state index contributed by atoms with van der Waals surface area (Å²) >= 11 is 0. The van der Waals surface area contributed by atoms with E-state index in [1.807, 2.05) is 18.2 Å². The van der Waals surface area contributed by atoms with E-state index < -0.39 is 5.41 Å². The number of carbonyl (C=O) groups is 1. The fourth-order valence-corrected chi connectivity index (χ4v) is 2.24. The first-order chi connectivity index (χ1) is 9.03. The zero-order valence-electron chi connectivity index (χ0n) is 11.8. The summed E-state index contributed by atoms with van der Waals surface area (Å²) < 4.78 is 10.6. The molecule has 5 heteroatoms. The summed E-state index contributed by atoms with van der Waals surface area (Å²) in [7, 11) is 6.84. The van der Waals surface area contributed by atoms with Gasteiger partial charge in [0.05, 0.1) is 19.6 Å². The third-order valence-electron chi connectivity index (χ3n) is 3.43. The van der Waals surface area contributed by atoms with Crippen LogP contribution in [0.1, 0.15) is 18.4 Å². The van der Waals surface area contributed by atoms with Crippen LogP contribution < -0.4 is 14.9 Å². The monoisotopic (exact) mass is 264 g/mol. The van der Waals surface area contributed by atoms with E-state index in [-0.39, 0.29) is 5.91 Å². The van der Waals surface area contributed by atoms with E-state index in [4.69, 9.17) is 9.47 Å². The van der Waals surface area contributed by atoms with Gasteiger partial charge in [-0.25, -0.2) is 5.01 Å². The molecule has 1 N–H and O–H groups in total. The summed E-state index contributed by atoms with van der Waals surface area (Å²) in [6, 6.07) is 5.57. The van der Waals surface area contributed by atoms with Crippen LogP contribution in [0.25, 0.3) is 0 Å². The highest BCUT2D eigenvalue weighted by atomic mass is 16.5. The van der Waals surface area contributed by atoms with Crippen molar-refractivity contribution in [3.8, 4) is 11.5 Å². The predicted molar refractivity (Wildman–Crippen MR) is 72.3 cm³/mol. The number of amides is 1. The Labute approximate surface area is 113 Å². The molecule has 0 radical (unpaired) electrons. The lowest BCUT2D eigenvalue weighted by atomic mass is 9.94. The molecule has 1 aliphatic carbocycles. The lowest BCUT2D eigenvalue weighted by molar-refractivity contribution is -0.127. The van der Waals surface area contributed by atoms with E-state index in [2.05, 4.69) is 5.43 Å². The molecule has 0 atom stereocenters. The van der Waals surface area contributed by atoms with E-state index in [1.54, 1.807) is 33.3 Å². The number of hydrazine groups is 1. The van der Waals surface area contributed by atoms with Gasteiger partial charge in [-0.2, -0.15) is 0 Å². The Bertz CT molecular complexity index is 482. The second-order valence-corrected chi connectivity index (χ2v) is 4.98. The minimum Gasteiger partial charge on any atom is -0.497 e. The van der Waals surface area contributed by atoms with Crippen molar-refractivity contribution in [1.82, 2.24) is 10.4 Å². The maximum absolute atomic E-state index is 12.4. The van der Waals surface area contributed by atoms with Gasteiger partial charge in [0.1, 0.15) is 11.5 Å². The van der Waals surface area contributed by atoms with Crippen LogP contribution in [0.2, 0.25) is 0 Å². The smallest absolute Gasteiger partial charge is 0.245 e. The van der Waals surface area contributed by atoms with E-state index in [0.717, 1.165) is 29.9 Å². The van der Waals surface area contributed by atoms with E-state index in [9.17, 15) is 4.79 Å². The van der Waals surface area contributed by atoms with Crippen LogP contribution >= 0.6 is 0 Å². The lowest BCUT2D eigenvalue weighted by Gasteiger charge is -2.21. The van der Waals surface area contributed by atoms with Crippen LogP contribution in [0.15, 0.2) is 18.2 Å². The van der Waals surface area contributed by atoms with Crippen molar-refractivity contribution in [3.63, 3.8) is 0 Å². The number of nitrogens with zero attached hydrogens (tertiary/aromatic N) is 1. The Morgan fingerprint density at radius 2 is 1.95 bits per heavy atom. The number of ether oxygens (including phenoxy) is 2. The highest BCUT2D eigenvalue weighted by molar-refractivity contribution is 5.91. The van der Waals surface area contributed by atoms with Crippen LogP contribution in [-0.2, 0) is 10.2 Å². The van der Waals surface area contributed by atoms with E-state index in [0.29, 0.717) is 0 Å². The molecule has 0 bridgehead atoms. The van der Waals surface area contributed by atoms with Gasteiger partial charge in [0, 0.05) is 19.7 Å². The summed E-state index contributed by atoms with van der Waals surface area (Å²) in [5.41, 5.74) is 3.25. The fourth-order valence-electron chi connectivity index (χ4n) is 2.24. The molecule has 0 spiro atoms. The molecule has 0 aliphatic heterocycles. The van der Waals surface area contributed by atoms with Crippen LogP contribution in [-0.4, -0.2) is 39.2 Å². The van der Waals surface area contributed by atoms with Crippen molar-refractivity contribution >= 4 is 5.91 Å². The first-order valence-electron chi connectivity index (χ1n) is 6.24. The Hall–Kier alpha value is -1.75. The molecule has 0 saturated heterocycles. The van der Waals surface area contributed by atoms with Crippen molar-refractivity contribution < 1.29 is 14.3 Å². The summed E-state index contributed by atoms with van der Waals surface area (Å²) in [5.74, 6) is 1.47. The van der Waals surface area contributed by atoms with Crippen molar-refractivity contribution in [2.24, 2.45) is 0 Å². The standard InChI is InChI=1S/C14H20N2O3/c1-16(2)15-13(17)14(7-8-14)11-9-10(18-3)5-6-12(11)19-4/h5-6,9H,7-8H2,1-4H3,(H,15,17). The van der Waals surface area contributed by atoms with Crippen LogP contribution in [0, 0.1) is 0 Å². The number of hydrogen-bond acceptors (Lipinski definition) is 4. The Kier molecular flexibility index (Phi) is 3.66. The van der Waals surface area contributed by atoms with Gasteiger partial charge in [0.25, 0.3) is 0 Å². The van der Waals surface area contributed by atoms with Gasteiger partial charge in [-0.15, -0.1) is 0 Å². The van der Waals surface area contributed by atoms with Crippen LogP contribution in [0.3, 0.4) is 0 Å². The SMILES string of the molecule is COc1ccc(OC)c(C2(C(=O)NN(C)C)CC2)c1. The van der Waals surface area contributed by atoms with E-state index >= 15 is 0 Å². The zero-order valence-corrected chi connectivity index (χ0v) is 11.8. The third kappa shape index (κ3) is 2.51. The maximum Gasteiger partial charge on any atom is 0.245 e. The molecule has 1 aromatic carbocycles. The molecule has 5 nitrogen and oxygen atoms in total. The van der Waals surface area contributed by atoms with Crippen LogP contribution in [0.4, 0.5) is 0 Å². The molecule has 0 aromatic heterocycles. The molecule has 0 heterocycles. The average molecular weight is 264 g/mol. The quantitative estimate of drug-likeness (QED) is 0.815. The second-order valence-electron chi connectivity index (χ2n) is 4.98. The minimum atomic E-state index is -0.482. The second kappa shape index (κ2) is 5.09. The zero-order chi connectivity index (χ0) is 14.0. The maximum atomic E-state index is 12.4. The lowest BCUT2D eigenvalue weighted by Crippen LogP contribution is -2.42. The first-order valence-corrected chi connectivity index (χ1v) is 6.24. The van der Waals surface area contributed by atoms with Gasteiger partial charge < -0.3 is 9.47 Å². The van der Waals surface area contributed by atoms with Gasteiger partial charge in [-0.1, -0.05) is 0 Å². The molecule has 1 fully saturated rings. The number of hydrogen-bond donors (Lipinski definition) is 1. The van der Waals surface area contributed by atoms with Crippen LogP contribution in [0.5, 0.6) is 11.5 Å². The largest absolute Gasteiger partial charge is 0.497 e. The molecule has 1 saturated carbocycles. The molecule has 0 unspecified atom stereocenters. The number of benzene rings is 1. The van der Waals surface area contributed by atoms with Crippen molar-refractivity contribution in [1.29, 1.82) is 0 Å². The summed E-state index contributed by atoms with van der Waals surface area (Å²) in [6.07, 6.45) is 1.66. The summed E-state index contributed by atoms with van der Waals surface area (Å²) in [4.78, 5) is 12.4. The topological polar surface area (TPSA) is 50.8 Å². The molecule has 2 rings (SSSR count). The van der Waals surface area contributed by atoms with Gasteiger partial charge in [-0.3, -0.25) is 10.2 Å². The average Bonchev–Trinajstić information content (AvgIpc) is 3.18. The Balaban J connectivity index is 2.37. The van der Waals surface area contributed by atoms with Gasteiger partial charge in [-0.05, 0) is 31.0 Å². The normalized spacial score (nSPS) is 16.1. The molecule has 1 amide bonds. The minimum absolute atomic E-state index is 0.00375. The van der Waals surface area contributed by atoms with E-state index in [1.165, 1.54) is 0 Å². The van der Waals surface area contributed by atoms with Crippen molar-refractivity contribution in [2.75, 3.05) is 28.3 Å². The Morgan fingerprint density at radius 3 is 2.42 bits per heavy atom. The molecule has 104 valence electrons. The third-order valence-corrected chi connectivity index (χ3v) is 3.43. The highest BCUT2D eigenvalue weighted by Crippen LogP contribution is 2.52. The number of nitrogens with one attached hydrogen (secondary N) is 1. The summed E-state index contributed by atoms with van der Waals surface area (Å²) in [5, 5.41) is 1.66. The molecule has 1 aromatic rings. The number of rotatable bonds is 5. The first kappa shape index (κ1) is 13.7. The fraction of sp³-hybridized carbons (Fsp3) is 0.500. The molecule has 19 heavy (non-hydrogen) atoms. The molecular formula is C14H20N2O3. The number of carbonyl (C=O) groups excluding carboxylic acids is 1. The van der Waals surface area contributed by atoms with Gasteiger partial charge in [0.2, 0.25) is 5.91 Å². The van der Waals surface area contributed by atoms with Crippen molar-refractivity contribution in [3.05, 3.63) is 23.8 Å². The predicted octanol–water partition coefficient (Wildman–Crippen LogP) is 1.33. The molecular weight excluding hydrogens is 244 g/mol. The van der Waals surface area contributed by atoms with Crippen molar-refractivity contribution in [2.45, 2.75) is 18.3 Å². The van der Waals surface area contributed by atoms with Gasteiger partial charge in [0.15, 0.2) is 0 Å². The van der Waals surface area contributed by atoms with Gasteiger partial charge >= 0.3 is 0 Å². The number of methoxy groups -OCH3 is 2. The molecule has 1 aliphatic rings. The summed E-state index contributed by atoms with van der Waals surface area (Å²) in [6.45, 7) is 0. The highest BCUT2D eigenvalue weighted by Gasteiger charge is 2.53. The Morgan fingerprint density at radius 1 is 1.26 bits per heavy atom.